The summed E-state index contributed by atoms with van der Waals surface area (Å²) in [5.74, 6) is 2.10. The SMILES string of the molecule is COc1ccc(-c2nnc(NC(=O)CCN(CCc3ccc(OC)c(OC)c3)C(=O)c3cccc(OC)c3)s2)cc1. The van der Waals surface area contributed by atoms with Gasteiger partial charge in [0.15, 0.2) is 11.5 Å². The summed E-state index contributed by atoms with van der Waals surface area (Å²) in [5, 5.41) is 12.1. The molecule has 0 spiro atoms. The van der Waals surface area contributed by atoms with Crippen LogP contribution in [0.3, 0.4) is 0 Å². The van der Waals surface area contributed by atoms with Gasteiger partial charge < -0.3 is 29.2 Å². The molecule has 0 aliphatic heterocycles. The van der Waals surface area contributed by atoms with Crippen molar-refractivity contribution in [2.24, 2.45) is 0 Å². The van der Waals surface area contributed by atoms with E-state index in [0.29, 0.717) is 45.9 Å². The minimum absolute atomic E-state index is 0.0824. The van der Waals surface area contributed by atoms with E-state index in [1.54, 1.807) is 57.6 Å². The molecular formula is C30H32N4O6S. The van der Waals surface area contributed by atoms with Crippen molar-refractivity contribution >= 4 is 28.3 Å². The Hall–Kier alpha value is -4.64. The molecule has 4 aromatic rings. The Morgan fingerprint density at radius 2 is 1.56 bits per heavy atom. The van der Waals surface area contributed by atoms with Gasteiger partial charge in [-0.2, -0.15) is 0 Å². The van der Waals surface area contributed by atoms with E-state index in [1.165, 1.54) is 11.3 Å². The minimum Gasteiger partial charge on any atom is -0.497 e. The van der Waals surface area contributed by atoms with Crippen molar-refractivity contribution in [1.29, 1.82) is 0 Å². The monoisotopic (exact) mass is 576 g/mol. The lowest BCUT2D eigenvalue weighted by atomic mass is 10.1. The van der Waals surface area contributed by atoms with E-state index in [4.69, 9.17) is 18.9 Å². The molecule has 0 saturated carbocycles. The molecular weight excluding hydrogens is 544 g/mol. The third-order valence-corrected chi connectivity index (χ3v) is 7.23. The summed E-state index contributed by atoms with van der Waals surface area (Å²) in [6.07, 6.45) is 0.637. The largest absolute Gasteiger partial charge is 0.497 e. The van der Waals surface area contributed by atoms with Crippen molar-refractivity contribution in [3.05, 3.63) is 77.9 Å². The molecule has 214 valence electrons. The number of anilines is 1. The number of nitrogens with one attached hydrogen (secondary N) is 1. The van der Waals surface area contributed by atoms with Gasteiger partial charge in [0.2, 0.25) is 11.0 Å². The molecule has 0 unspecified atom stereocenters. The smallest absolute Gasteiger partial charge is 0.254 e. The van der Waals surface area contributed by atoms with Crippen LogP contribution in [-0.2, 0) is 11.2 Å². The molecule has 0 aliphatic rings. The second-order valence-electron chi connectivity index (χ2n) is 8.90. The van der Waals surface area contributed by atoms with Crippen LogP contribution in [-0.4, -0.2) is 68.4 Å². The molecule has 41 heavy (non-hydrogen) atoms. The molecule has 2 amide bonds. The van der Waals surface area contributed by atoms with Gasteiger partial charge in [-0.05, 0) is 66.6 Å². The predicted octanol–water partition coefficient (Wildman–Crippen LogP) is 4.95. The summed E-state index contributed by atoms with van der Waals surface area (Å²) in [6.45, 7) is 0.596. The van der Waals surface area contributed by atoms with Crippen LogP contribution >= 0.6 is 11.3 Å². The molecule has 10 nitrogen and oxygen atoms in total. The number of aromatic nitrogens is 2. The summed E-state index contributed by atoms with van der Waals surface area (Å²) in [7, 11) is 6.32. The molecule has 3 aromatic carbocycles. The van der Waals surface area contributed by atoms with E-state index in [2.05, 4.69) is 15.5 Å². The van der Waals surface area contributed by atoms with Gasteiger partial charge in [0.05, 0.1) is 28.4 Å². The molecule has 1 N–H and O–H groups in total. The highest BCUT2D eigenvalue weighted by Crippen LogP contribution is 2.29. The first-order valence-electron chi connectivity index (χ1n) is 12.9. The summed E-state index contributed by atoms with van der Waals surface area (Å²) < 4.78 is 21.2. The number of methoxy groups -OCH3 is 4. The van der Waals surface area contributed by atoms with E-state index in [-0.39, 0.29) is 24.8 Å². The zero-order chi connectivity index (χ0) is 29.2. The topological polar surface area (TPSA) is 112 Å². The number of ether oxygens (including phenoxy) is 4. The number of benzene rings is 3. The maximum absolute atomic E-state index is 13.5. The van der Waals surface area contributed by atoms with Gasteiger partial charge in [-0.1, -0.05) is 23.5 Å². The maximum Gasteiger partial charge on any atom is 0.254 e. The lowest BCUT2D eigenvalue weighted by Crippen LogP contribution is -2.35. The Balaban J connectivity index is 1.43. The van der Waals surface area contributed by atoms with E-state index >= 15 is 0 Å². The average molecular weight is 577 g/mol. The van der Waals surface area contributed by atoms with Crippen LogP contribution in [0.5, 0.6) is 23.0 Å². The first kappa shape index (κ1) is 29.3. The minimum atomic E-state index is -0.267. The number of carbonyl (C=O) groups excluding carboxylic acids is 2. The first-order chi connectivity index (χ1) is 19.9. The first-order valence-corrected chi connectivity index (χ1v) is 13.7. The number of amides is 2. The third kappa shape index (κ3) is 7.73. The fourth-order valence-electron chi connectivity index (χ4n) is 4.10. The van der Waals surface area contributed by atoms with Crippen LogP contribution in [0.2, 0.25) is 0 Å². The molecule has 1 aromatic heterocycles. The number of hydrogen-bond acceptors (Lipinski definition) is 9. The zero-order valence-electron chi connectivity index (χ0n) is 23.4. The van der Waals surface area contributed by atoms with Gasteiger partial charge in [0.1, 0.15) is 16.5 Å². The molecule has 0 fully saturated rings. The average Bonchev–Trinajstić information content (AvgIpc) is 3.48. The van der Waals surface area contributed by atoms with Crippen LogP contribution < -0.4 is 24.3 Å². The highest BCUT2D eigenvalue weighted by atomic mass is 32.1. The number of nitrogens with zero attached hydrogens (tertiary/aromatic N) is 3. The van der Waals surface area contributed by atoms with Crippen molar-refractivity contribution < 1.29 is 28.5 Å². The van der Waals surface area contributed by atoms with Crippen molar-refractivity contribution in [3.8, 4) is 33.6 Å². The van der Waals surface area contributed by atoms with Gasteiger partial charge in [-0.3, -0.25) is 9.59 Å². The second kappa shape index (κ2) is 14.1. The Morgan fingerprint density at radius 1 is 0.805 bits per heavy atom. The predicted molar refractivity (Wildman–Crippen MR) is 157 cm³/mol. The van der Waals surface area contributed by atoms with Crippen molar-refractivity contribution in [3.63, 3.8) is 0 Å². The highest BCUT2D eigenvalue weighted by Gasteiger charge is 2.19. The standard InChI is InChI=1S/C30H32N4O6S/c1-37-23-11-9-21(10-12-23)28-32-33-30(41-28)31-27(35)15-17-34(29(36)22-6-5-7-24(19-22)38-2)16-14-20-8-13-25(39-3)26(18-20)40-4/h5-13,18-19H,14-17H2,1-4H3,(H,31,33,35). The number of rotatable bonds is 13. The van der Waals surface area contributed by atoms with Gasteiger partial charge in [0, 0.05) is 30.6 Å². The highest BCUT2D eigenvalue weighted by molar-refractivity contribution is 7.18. The summed E-state index contributed by atoms with van der Waals surface area (Å²) in [6, 6.07) is 20.0. The fraction of sp³-hybridized carbons (Fsp3) is 0.267. The molecule has 0 saturated heterocycles. The maximum atomic E-state index is 13.5. The summed E-state index contributed by atoms with van der Waals surface area (Å²) in [5.41, 5.74) is 2.31. The molecule has 0 aliphatic carbocycles. The van der Waals surface area contributed by atoms with E-state index in [1.807, 2.05) is 42.5 Å². The zero-order valence-corrected chi connectivity index (χ0v) is 24.2. The van der Waals surface area contributed by atoms with Crippen molar-refractivity contribution in [2.45, 2.75) is 12.8 Å². The number of hydrogen-bond donors (Lipinski definition) is 1. The van der Waals surface area contributed by atoms with Crippen LogP contribution in [0.1, 0.15) is 22.3 Å². The fourth-order valence-corrected chi connectivity index (χ4v) is 4.86. The number of carbonyl (C=O) groups is 2. The van der Waals surface area contributed by atoms with Crippen LogP contribution in [0.4, 0.5) is 5.13 Å². The van der Waals surface area contributed by atoms with E-state index in [0.717, 1.165) is 16.9 Å². The van der Waals surface area contributed by atoms with Gasteiger partial charge in [-0.25, -0.2) is 0 Å². The lowest BCUT2D eigenvalue weighted by molar-refractivity contribution is -0.116. The summed E-state index contributed by atoms with van der Waals surface area (Å²) in [4.78, 5) is 28.0. The van der Waals surface area contributed by atoms with E-state index in [9.17, 15) is 9.59 Å². The van der Waals surface area contributed by atoms with Gasteiger partial charge in [0.25, 0.3) is 5.91 Å². The molecule has 1 heterocycles. The molecule has 4 rings (SSSR count). The molecule has 0 atom stereocenters. The second-order valence-corrected chi connectivity index (χ2v) is 9.88. The Bertz CT molecular complexity index is 1470. The Kier molecular flexibility index (Phi) is 10.1. The lowest BCUT2D eigenvalue weighted by Gasteiger charge is -2.23. The van der Waals surface area contributed by atoms with Crippen LogP contribution in [0.25, 0.3) is 10.6 Å². The van der Waals surface area contributed by atoms with Crippen molar-refractivity contribution in [1.82, 2.24) is 15.1 Å². The van der Waals surface area contributed by atoms with E-state index < -0.39 is 0 Å². The van der Waals surface area contributed by atoms with Gasteiger partial charge >= 0.3 is 0 Å². The molecule has 0 radical (unpaired) electrons. The molecule has 0 bridgehead atoms. The van der Waals surface area contributed by atoms with Gasteiger partial charge in [-0.15, -0.1) is 10.2 Å². The normalized spacial score (nSPS) is 10.5. The Labute approximate surface area is 242 Å². The third-order valence-electron chi connectivity index (χ3n) is 6.34. The summed E-state index contributed by atoms with van der Waals surface area (Å²) >= 11 is 1.27. The van der Waals surface area contributed by atoms with Crippen LogP contribution in [0.15, 0.2) is 66.7 Å². The molecule has 11 heteroatoms. The quantitative estimate of drug-likeness (QED) is 0.238. The van der Waals surface area contributed by atoms with Crippen molar-refractivity contribution in [2.75, 3.05) is 46.8 Å². The van der Waals surface area contributed by atoms with Crippen LogP contribution in [0, 0.1) is 0 Å². The Morgan fingerprint density at radius 3 is 2.27 bits per heavy atom.